The second-order valence-corrected chi connectivity index (χ2v) is 3.88. The fraction of sp³-hybridized carbons (Fsp3) is 0.333. The van der Waals surface area contributed by atoms with Crippen LogP contribution in [0.3, 0.4) is 0 Å². The van der Waals surface area contributed by atoms with Gasteiger partial charge in [0, 0.05) is 6.54 Å². The van der Waals surface area contributed by atoms with Crippen molar-refractivity contribution in [3.05, 3.63) is 29.8 Å². The zero-order valence-corrected chi connectivity index (χ0v) is 9.59. The molecule has 1 fully saturated rings. The van der Waals surface area contributed by atoms with E-state index in [0.717, 1.165) is 12.0 Å². The fourth-order valence-corrected chi connectivity index (χ4v) is 1.67. The Morgan fingerprint density at radius 2 is 2.06 bits per heavy atom. The number of carbonyl (C=O) groups excluding carboxylic acids is 1. The number of ether oxygens (including phenoxy) is 1. The molecule has 1 saturated heterocycles. The number of carbonyl (C=O) groups is 1. The Kier molecular flexibility index (Phi) is 3.15. The molecule has 5 nitrogen and oxygen atoms in total. The number of nitrogens with zero attached hydrogens (tertiary/aromatic N) is 3. The SMILES string of the molecule is Cc1ccc(OC(=O)N2CCCN2C#N)cc1. The molecule has 2 rings (SSSR count). The summed E-state index contributed by atoms with van der Waals surface area (Å²) in [7, 11) is 0. The summed E-state index contributed by atoms with van der Waals surface area (Å²) < 4.78 is 5.18. The van der Waals surface area contributed by atoms with E-state index in [1.165, 1.54) is 10.0 Å². The van der Waals surface area contributed by atoms with Gasteiger partial charge in [-0.2, -0.15) is 5.26 Å². The quantitative estimate of drug-likeness (QED) is 0.693. The normalized spacial score (nSPS) is 14.6. The van der Waals surface area contributed by atoms with Gasteiger partial charge in [0.15, 0.2) is 6.19 Å². The lowest BCUT2D eigenvalue weighted by Gasteiger charge is -2.21. The molecule has 1 aromatic rings. The topological polar surface area (TPSA) is 56.6 Å². The third-order valence-corrected chi connectivity index (χ3v) is 2.58. The molecular weight excluding hydrogens is 218 g/mol. The van der Waals surface area contributed by atoms with E-state index in [2.05, 4.69) is 0 Å². The highest BCUT2D eigenvalue weighted by atomic mass is 16.6. The maximum Gasteiger partial charge on any atom is 0.434 e. The van der Waals surface area contributed by atoms with Crippen LogP contribution in [0.25, 0.3) is 0 Å². The monoisotopic (exact) mass is 231 g/mol. The molecule has 1 aliphatic rings. The van der Waals surface area contributed by atoms with Crippen molar-refractivity contribution in [2.24, 2.45) is 0 Å². The van der Waals surface area contributed by atoms with Crippen molar-refractivity contribution in [3.8, 4) is 11.9 Å². The molecule has 0 aliphatic carbocycles. The highest BCUT2D eigenvalue weighted by molar-refractivity contribution is 5.70. The molecule has 88 valence electrons. The van der Waals surface area contributed by atoms with Crippen molar-refractivity contribution in [1.82, 2.24) is 10.0 Å². The van der Waals surface area contributed by atoms with E-state index >= 15 is 0 Å². The Bertz CT molecular complexity index is 450. The number of aryl methyl sites for hydroxylation is 1. The zero-order chi connectivity index (χ0) is 12.3. The Labute approximate surface area is 99.8 Å². The molecule has 1 heterocycles. The minimum Gasteiger partial charge on any atom is -0.409 e. The van der Waals surface area contributed by atoms with Crippen LogP contribution in [-0.2, 0) is 0 Å². The summed E-state index contributed by atoms with van der Waals surface area (Å²) in [5.41, 5.74) is 1.10. The average molecular weight is 231 g/mol. The first-order chi connectivity index (χ1) is 8.20. The van der Waals surface area contributed by atoms with Crippen LogP contribution in [0.4, 0.5) is 4.79 Å². The summed E-state index contributed by atoms with van der Waals surface area (Å²) >= 11 is 0. The molecule has 0 radical (unpaired) electrons. The van der Waals surface area contributed by atoms with E-state index in [4.69, 9.17) is 10.00 Å². The predicted octanol–water partition coefficient (Wildman–Crippen LogP) is 1.90. The van der Waals surface area contributed by atoms with Gasteiger partial charge in [0.1, 0.15) is 5.75 Å². The van der Waals surface area contributed by atoms with E-state index in [-0.39, 0.29) is 0 Å². The highest BCUT2D eigenvalue weighted by Gasteiger charge is 2.27. The van der Waals surface area contributed by atoms with Gasteiger partial charge in [0.05, 0.1) is 6.54 Å². The molecule has 1 aliphatic heterocycles. The summed E-state index contributed by atoms with van der Waals surface area (Å²) in [5.74, 6) is 0.491. The Balaban J connectivity index is 2.02. The van der Waals surface area contributed by atoms with Gasteiger partial charge < -0.3 is 4.74 Å². The number of rotatable bonds is 1. The lowest BCUT2D eigenvalue weighted by molar-refractivity contribution is 0.0801. The number of hydrazine groups is 1. The Hall–Kier alpha value is -2.22. The van der Waals surface area contributed by atoms with Gasteiger partial charge in [-0.25, -0.2) is 14.8 Å². The maximum absolute atomic E-state index is 11.8. The van der Waals surface area contributed by atoms with Crippen LogP contribution in [0.15, 0.2) is 24.3 Å². The van der Waals surface area contributed by atoms with Crippen LogP contribution >= 0.6 is 0 Å². The van der Waals surface area contributed by atoms with Gasteiger partial charge in [0.2, 0.25) is 0 Å². The summed E-state index contributed by atoms with van der Waals surface area (Å²) in [4.78, 5) is 11.8. The molecule has 0 atom stereocenters. The molecule has 17 heavy (non-hydrogen) atoms. The van der Waals surface area contributed by atoms with E-state index in [1.807, 2.05) is 25.2 Å². The van der Waals surface area contributed by atoms with Crippen molar-refractivity contribution in [2.45, 2.75) is 13.3 Å². The van der Waals surface area contributed by atoms with Gasteiger partial charge in [-0.3, -0.25) is 0 Å². The number of hydrogen-bond acceptors (Lipinski definition) is 4. The molecule has 0 spiro atoms. The number of nitriles is 1. The van der Waals surface area contributed by atoms with Crippen molar-refractivity contribution >= 4 is 6.09 Å². The standard InChI is InChI=1S/C12H13N3O2/c1-10-3-5-11(6-4-10)17-12(16)15-8-2-7-14(15)9-13/h3-6H,2,7-8H2,1H3. The average Bonchev–Trinajstić information content (AvgIpc) is 2.80. The van der Waals surface area contributed by atoms with E-state index in [0.29, 0.717) is 18.8 Å². The number of amides is 1. The highest BCUT2D eigenvalue weighted by Crippen LogP contribution is 2.15. The summed E-state index contributed by atoms with van der Waals surface area (Å²) in [6.07, 6.45) is 2.23. The Morgan fingerprint density at radius 1 is 1.35 bits per heavy atom. The first-order valence-corrected chi connectivity index (χ1v) is 5.44. The molecule has 0 N–H and O–H groups in total. The van der Waals surface area contributed by atoms with Crippen molar-refractivity contribution < 1.29 is 9.53 Å². The second-order valence-electron chi connectivity index (χ2n) is 3.88. The van der Waals surface area contributed by atoms with Crippen LogP contribution in [0, 0.1) is 18.4 Å². The zero-order valence-electron chi connectivity index (χ0n) is 9.59. The molecule has 0 bridgehead atoms. The van der Waals surface area contributed by atoms with Crippen LogP contribution in [0.2, 0.25) is 0 Å². The lowest BCUT2D eigenvalue weighted by atomic mass is 10.2. The largest absolute Gasteiger partial charge is 0.434 e. The number of benzene rings is 1. The Morgan fingerprint density at radius 3 is 2.71 bits per heavy atom. The van der Waals surface area contributed by atoms with Gasteiger partial charge in [-0.15, -0.1) is 0 Å². The minimum atomic E-state index is -0.507. The summed E-state index contributed by atoms with van der Waals surface area (Å²) in [6, 6.07) is 7.21. The van der Waals surface area contributed by atoms with Gasteiger partial charge in [-0.05, 0) is 25.5 Å². The first-order valence-electron chi connectivity index (χ1n) is 5.44. The summed E-state index contributed by atoms with van der Waals surface area (Å²) in [5, 5.41) is 11.4. The third-order valence-electron chi connectivity index (χ3n) is 2.58. The molecule has 5 heteroatoms. The van der Waals surface area contributed by atoms with Crippen molar-refractivity contribution in [2.75, 3.05) is 13.1 Å². The minimum absolute atomic E-state index is 0.491. The van der Waals surface area contributed by atoms with Crippen LogP contribution in [0.1, 0.15) is 12.0 Å². The smallest absolute Gasteiger partial charge is 0.409 e. The third kappa shape index (κ3) is 2.48. The van der Waals surface area contributed by atoms with E-state index in [9.17, 15) is 4.79 Å². The van der Waals surface area contributed by atoms with Crippen LogP contribution < -0.4 is 4.74 Å². The van der Waals surface area contributed by atoms with Gasteiger partial charge in [-0.1, -0.05) is 17.7 Å². The second kappa shape index (κ2) is 4.74. The van der Waals surface area contributed by atoms with E-state index in [1.54, 1.807) is 12.1 Å². The molecule has 0 unspecified atom stereocenters. The fourth-order valence-electron chi connectivity index (χ4n) is 1.67. The molecular formula is C12H13N3O2. The van der Waals surface area contributed by atoms with Gasteiger partial charge in [0.25, 0.3) is 0 Å². The van der Waals surface area contributed by atoms with Gasteiger partial charge >= 0.3 is 6.09 Å². The lowest BCUT2D eigenvalue weighted by Crippen LogP contribution is -2.40. The molecule has 1 amide bonds. The molecule has 1 aromatic carbocycles. The molecule has 0 aromatic heterocycles. The summed E-state index contributed by atoms with van der Waals surface area (Å²) in [6.45, 7) is 3.06. The number of hydrogen-bond donors (Lipinski definition) is 0. The van der Waals surface area contributed by atoms with Crippen LogP contribution in [0.5, 0.6) is 5.75 Å². The van der Waals surface area contributed by atoms with Crippen LogP contribution in [-0.4, -0.2) is 29.2 Å². The van der Waals surface area contributed by atoms with Crippen molar-refractivity contribution in [3.63, 3.8) is 0 Å². The maximum atomic E-state index is 11.8. The van der Waals surface area contributed by atoms with E-state index < -0.39 is 6.09 Å². The predicted molar refractivity (Wildman–Crippen MR) is 60.8 cm³/mol. The molecule has 0 saturated carbocycles. The van der Waals surface area contributed by atoms with Crippen molar-refractivity contribution in [1.29, 1.82) is 5.26 Å². The first kappa shape index (κ1) is 11.3.